The van der Waals surface area contributed by atoms with E-state index in [0.29, 0.717) is 16.5 Å². The molecular formula is C72H98N8O29S. The number of hydrogen-bond acceptors (Lipinski definition) is 25. The Morgan fingerprint density at radius 3 is 1.37 bits per heavy atom. The quantitative estimate of drug-likeness (QED) is 0.0131. The maximum atomic E-state index is 13.3. The highest BCUT2D eigenvalue weighted by molar-refractivity contribution is 7.80. The number of phenolic OH excluding ortho intramolecular Hbond substituents is 1. The summed E-state index contributed by atoms with van der Waals surface area (Å²) in [6.07, 6.45) is 0.0562. The first-order valence-electron chi connectivity index (χ1n) is 35.4. The van der Waals surface area contributed by atoms with E-state index in [1.54, 1.807) is 27.7 Å². The molecule has 2 aliphatic rings. The number of aromatic carboxylic acids is 1. The fraction of sp³-hybridized carbons (Fsp3) is 0.542. The van der Waals surface area contributed by atoms with Gasteiger partial charge in [-0.15, -0.1) is 0 Å². The van der Waals surface area contributed by atoms with Crippen LogP contribution in [0.15, 0.2) is 63.8 Å². The van der Waals surface area contributed by atoms with E-state index in [1.807, 2.05) is 0 Å². The average Bonchev–Trinajstić information content (AvgIpc) is 0.748. The van der Waals surface area contributed by atoms with Crippen LogP contribution >= 0.6 is 12.2 Å². The molecule has 0 bridgehead atoms. The first-order valence-corrected chi connectivity index (χ1v) is 35.8. The van der Waals surface area contributed by atoms with Crippen molar-refractivity contribution >= 4 is 111 Å². The molecule has 0 radical (unpaired) electrons. The van der Waals surface area contributed by atoms with Crippen LogP contribution < -0.4 is 32.0 Å². The van der Waals surface area contributed by atoms with Crippen LogP contribution in [0.3, 0.4) is 0 Å². The topological polar surface area (TPSA) is 550 Å². The van der Waals surface area contributed by atoms with E-state index in [2.05, 4.69) is 26.6 Å². The maximum Gasteiger partial charge on any atom is 0.336 e. The van der Waals surface area contributed by atoms with Gasteiger partial charge in [0.15, 0.2) is 10.5 Å². The molecule has 4 atom stereocenters. The van der Waals surface area contributed by atoms with Crippen molar-refractivity contribution in [3.05, 3.63) is 70.4 Å². The highest BCUT2D eigenvalue weighted by Gasteiger charge is 2.36. The Hall–Kier alpha value is -10.5. The molecular weight excluding hydrogens is 1470 g/mol. The molecule has 0 saturated carbocycles. The highest BCUT2D eigenvalue weighted by Crippen LogP contribution is 2.42. The van der Waals surface area contributed by atoms with Crippen molar-refractivity contribution in [1.29, 1.82) is 0 Å². The number of benzene rings is 3. The summed E-state index contributed by atoms with van der Waals surface area (Å²) in [6.45, 7) is 0.476. The van der Waals surface area contributed by atoms with E-state index in [9.17, 15) is 113 Å². The number of nitrogens with zero attached hydrogens (tertiary/aromatic N) is 3. The Morgan fingerprint density at radius 1 is 0.509 bits per heavy atom. The minimum absolute atomic E-state index is 0.00548. The van der Waals surface area contributed by atoms with Crippen LogP contribution in [0.5, 0.6) is 5.75 Å². The van der Waals surface area contributed by atoms with Gasteiger partial charge in [-0.25, -0.2) is 4.79 Å². The second kappa shape index (κ2) is 47.4. The summed E-state index contributed by atoms with van der Waals surface area (Å²) in [5.41, 5.74) is -1.22. The summed E-state index contributed by atoms with van der Waals surface area (Å²) >= 11 is 5.88. The van der Waals surface area contributed by atoms with Gasteiger partial charge in [0.1, 0.15) is 40.8 Å². The number of carboxylic acids is 8. The lowest BCUT2D eigenvalue weighted by Crippen LogP contribution is -2.59. The number of ether oxygens (including phenoxy) is 5. The number of anilines is 1. The first kappa shape index (κ1) is 91.9. The smallest absolute Gasteiger partial charge is 0.336 e. The number of nitrogens with one attached hydrogen (secondary N) is 5. The minimum atomic E-state index is -1.64. The molecule has 37 nitrogen and oxygen atoms in total. The van der Waals surface area contributed by atoms with Gasteiger partial charge in [-0.3, -0.25) is 77.0 Å². The van der Waals surface area contributed by atoms with E-state index in [4.69, 9.17) is 40.3 Å². The molecule has 0 saturated heterocycles. The number of phenols is 1. The van der Waals surface area contributed by atoms with Crippen molar-refractivity contribution in [2.45, 2.75) is 128 Å². The van der Waals surface area contributed by atoms with Gasteiger partial charge in [0, 0.05) is 73.2 Å². The van der Waals surface area contributed by atoms with E-state index in [1.165, 1.54) is 54.6 Å². The molecule has 606 valence electrons. The van der Waals surface area contributed by atoms with Crippen molar-refractivity contribution in [2.75, 3.05) is 117 Å². The van der Waals surface area contributed by atoms with Gasteiger partial charge in [0.05, 0.1) is 97.7 Å². The van der Waals surface area contributed by atoms with Gasteiger partial charge in [-0.05, 0) is 124 Å². The van der Waals surface area contributed by atoms with Crippen LogP contribution in [0.1, 0.15) is 115 Å². The SMILES string of the molecule is CC(C)COC(=O)CN(CC(=O)O)C(CCCCNC(=O)CCOCC(COCCC(=O)NCCCCC(C(=O)O)N(CC(=O)O)CC(=O)O)(COCCC(=O)NCCCCC(C(=O)OCC(C)C)N(CC(=O)O)CC(=O)O)NC(=S)Nc1ccc(-c2c3ccc(=O)cc-3oc3cc(O)ccc23)c(C(=O)O)c1)C(=O)O. The van der Waals surface area contributed by atoms with E-state index < -0.39 is 166 Å². The Kier molecular flexibility index (Phi) is 39.6. The molecule has 1 aliphatic heterocycles. The van der Waals surface area contributed by atoms with Crippen molar-refractivity contribution < 1.29 is 136 Å². The van der Waals surface area contributed by atoms with Crippen LogP contribution in [0, 0.1) is 11.8 Å². The summed E-state index contributed by atoms with van der Waals surface area (Å²) in [6, 6.07) is 8.33. The van der Waals surface area contributed by atoms with Crippen LogP contribution in [-0.4, -0.2) is 279 Å². The number of hydrogen-bond donors (Lipinski definition) is 14. The lowest BCUT2D eigenvalue weighted by Gasteiger charge is -2.35. The molecule has 1 aliphatic carbocycles. The molecule has 1 heterocycles. The predicted octanol–water partition coefficient (Wildman–Crippen LogP) is 3.08. The lowest BCUT2D eigenvalue weighted by molar-refractivity contribution is -0.156. The molecule has 4 rings (SSSR count). The third-order valence-electron chi connectivity index (χ3n) is 16.4. The fourth-order valence-electron chi connectivity index (χ4n) is 11.3. The zero-order chi connectivity index (χ0) is 81.6. The Bertz CT molecular complexity index is 3820. The van der Waals surface area contributed by atoms with Crippen LogP contribution in [0.4, 0.5) is 5.69 Å². The Morgan fingerprint density at radius 2 is 0.936 bits per heavy atom. The van der Waals surface area contributed by atoms with Gasteiger partial charge in [-0.1, -0.05) is 33.8 Å². The third kappa shape index (κ3) is 34.0. The van der Waals surface area contributed by atoms with Crippen molar-refractivity contribution in [2.24, 2.45) is 11.8 Å². The number of aromatic hydroxyl groups is 1. The third-order valence-corrected chi connectivity index (χ3v) is 16.6. The lowest BCUT2D eigenvalue weighted by atomic mass is 9.90. The summed E-state index contributed by atoms with van der Waals surface area (Å²) in [4.78, 5) is 176. The number of unbranched alkanes of at least 4 members (excludes halogenated alkanes) is 3. The van der Waals surface area contributed by atoms with Gasteiger partial charge in [-0.2, -0.15) is 0 Å². The summed E-state index contributed by atoms with van der Waals surface area (Å²) in [5.74, 6) is -14.6. The zero-order valence-electron chi connectivity index (χ0n) is 61.5. The number of carbonyl (C=O) groups is 13. The number of aliphatic carboxylic acids is 7. The second-order valence-electron chi connectivity index (χ2n) is 26.7. The summed E-state index contributed by atoms with van der Waals surface area (Å²) in [7, 11) is 0. The molecule has 14 N–H and O–H groups in total. The molecule has 0 spiro atoms. The van der Waals surface area contributed by atoms with Gasteiger partial charge in [0.2, 0.25) is 17.7 Å². The van der Waals surface area contributed by atoms with E-state index in [0.717, 1.165) is 14.7 Å². The van der Waals surface area contributed by atoms with Gasteiger partial charge in [0.25, 0.3) is 0 Å². The maximum absolute atomic E-state index is 13.3. The number of rotatable bonds is 56. The average molecular weight is 1570 g/mol. The summed E-state index contributed by atoms with van der Waals surface area (Å²) < 4.78 is 34.9. The normalized spacial score (nSPS) is 12.8. The number of esters is 2. The molecule has 110 heavy (non-hydrogen) atoms. The standard InChI is InChI=1S/C72H98N8O29S/c1-43(2)38-107-65(96)37-80(36-64(94)95)53(69(101)102)12-6-9-24-74-58(84)21-27-105-41-72(40-104-26-20-57(83)73-23-8-5-11-52(68(99)100)78(32-60(86)87)33-61(88)89,42-106-28-22-59(85)75-25-10-7-13-54(70(103)108-39-44(3)4)79(34-62(90)91)35-63(92)93)77-71(110)76-45-14-17-48(51(29-45)67(97)98)66-49-18-15-46(81)30-55(49)109-56-31-47(82)16-19-50(56)66/h14-19,29-31,43-44,52-54,81H,5-13,20-28,32-42H2,1-4H3,(H,73,83)(H,74,84)(H,75,85)(H,86,87)(H,88,89)(H,90,91)(H,92,93)(H,94,95)(H,97,98)(H,99,100)(H,101,102)(H2,76,77,110). The Balaban J connectivity index is 1.61. The monoisotopic (exact) mass is 1570 g/mol. The highest BCUT2D eigenvalue weighted by atomic mass is 32.1. The summed E-state index contributed by atoms with van der Waals surface area (Å²) in [5, 5.41) is 102. The van der Waals surface area contributed by atoms with Crippen molar-refractivity contribution in [3.8, 4) is 28.2 Å². The van der Waals surface area contributed by atoms with Crippen LogP contribution in [0.2, 0.25) is 0 Å². The molecule has 0 fully saturated rings. The number of thiocarbonyl (C=S) groups is 1. The van der Waals surface area contributed by atoms with E-state index in [-0.39, 0.29) is 181 Å². The molecule has 0 aromatic heterocycles. The fourth-order valence-corrected chi connectivity index (χ4v) is 11.7. The number of carbonyl (C=O) groups excluding carboxylic acids is 5. The molecule has 2 aromatic rings. The number of amides is 3. The van der Waals surface area contributed by atoms with Crippen LogP contribution in [-0.2, 0) is 81.2 Å². The van der Waals surface area contributed by atoms with Gasteiger partial charge >= 0.3 is 59.7 Å². The molecule has 2 aromatic carbocycles. The van der Waals surface area contributed by atoms with Gasteiger partial charge < -0.3 is 101 Å². The largest absolute Gasteiger partial charge is 0.508 e. The second-order valence-corrected chi connectivity index (χ2v) is 27.1. The van der Waals surface area contributed by atoms with Crippen LogP contribution in [0.25, 0.3) is 33.4 Å². The molecule has 4 unspecified atom stereocenters. The number of carboxylic acid groups (broad SMARTS) is 8. The van der Waals surface area contributed by atoms with Crippen molar-refractivity contribution in [1.82, 2.24) is 36.0 Å². The Labute approximate surface area is 637 Å². The minimum Gasteiger partial charge on any atom is -0.508 e. The van der Waals surface area contributed by atoms with Crippen molar-refractivity contribution in [3.63, 3.8) is 0 Å². The predicted molar refractivity (Wildman–Crippen MR) is 393 cm³/mol. The molecule has 38 heteroatoms. The zero-order valence-corrected chi connectivity index (χ0v) is 62.3. The van der Waals surface area contributed by atoms with E-state index >= 15 is 0 Å². The number of fused-ring (bicyclic) bond motifs is 2. The first-order chi connectivity index (χ1) is 52.1. The molecule has 3 amide bonds.